The zero-order valence-electron chi connectivity index (χ0n) is 11.8. The summed E-state index contributed by atoms with van der Waals surface area (Å²) in [6.45, 7) is 0. The Morgan fingerprint density at radius 2 is 1.55 bits per heavy atom. The molecular weight excluding hydrogens is 264 g/mol. The lowest BCUT2D eigenvalue weighted by atomic mass is 9.54. The third kappa shape index (κ3) is 1.61. The number of hydrogen-bond acceptors (Lipinski definition) is 2. The van der Waals surface area contributed by atoms with E-state index in [0.29, 0.717) is 6.10 Å². The second-order valence-corrected chi connectivity index (χ2v) is 8.61. The van der Waals surface area contributed by atoms with Gasteiger partial charge in [-0.3, -0.25) is 0 Å². The standard InChI is InChI=1S/C18H22OS/c1-2-4-14(5-3-1)17-11-20-18(19-17)15-7-12-6-13(9-15)10-16(18)8-12/h1-5,12-13,15-17H,6-11H2. The molecule has 1 unspecified atom stereocenters. The zero-order chi connectivity index (χ0) is 13.2. The van der Waals surface area contributed by atoms with E-state index in [-0.39, 0.29) is 4.93 Å². The Labute approximate surface area is 125 Å². The van der Waals surface area contributed by atoms with E-state index in [1.165, 1.54) is 37.7 Å². The van der Waals surface area contributed by atoms with Crippen molar-refractivity contribution in [3.8, 4) is 0 Å². The van der Waals surface area contributed by atoms with Gasteiger partial charge in [0.15, 0.2) is 0 Å². The largest absolute Gasteiger partial charge is 0.355 e. The van der Waals surface area contributed by atoms with Crippen LogP contribution in [0.15, 0.2) is 30.3 Å². The molecule has 0 radical (unpaired) electrons. The number of thioether (sulfide) groups is 1. The first-order chi connectivity index (χ1) is 9.83. The van der Waals surface area contributed by atoms with E-state index in [4.69, 9.17) is 4.74 Å². The van der Waals surface area contributed by atoms with Gasteiger partial charge in [-0.1, -0.05) is 30.3 Å². The molecule has 20 heavy (non-hydrogen) atoms. The topological polar surface area (TPSA) is 9.23 Å². The van der Waals surface area contributed by atoms with Crippen LogP contribution in [0, 0.1) is 23.7 Å². The first-order valence-corrected chi connectivity index (χ1v) is 9.19. The lowest BCUT2D eigenvalue weighted by Crippen LogP contribution is -2.55. The van der Waals surface area contributed by atoms with Crippen molar-refractivity contribution in [3.05, 3.63) is 35.9 Å². The Morgan fingerprint density at radius 1 is 0.900 bits per heavy atom. The summed E-state index contributed by atoms with van der Waals surface area (Å²) in [5, 5.41) is 0. The molecular formula is C18H22OS. The Balaban J connectivity index is 1.45. The normalized spacial score (nSPS) is 49.1. The summed E-state index contributed by atoms with van der Waals surface area (Å²) in [4.78, 5) is 0.188. The predicted molar refractivity (Wildman–Crippen MR) is 82.5 cm³/mol. The van der Waals surface area contributed by atoms with E-state index in [1.54, 1.807) is 0 Å². The van der Waals surface area contributed by atoms with Gasteiger partial charge >= 0.3 is 0 Å². The molecule has 1 aromatic rings. The van der Waals surface area contributed by atoms with Gasteiger partial charge in [0.25, 0.3) is 0 Å². The lowest BCUT2D eigenvalue weighted by molar-refractivity contribution is -0.160. The molecule has 6 rings (SSSR count). The van der Waals surface area contributed by atoms with Crippen LogP contribution >= 0.6 is 11.8 Å². The smallest absolute Gasteiger partial charge is 0.120 e. The summed E-state index contributed by atoms with van der Waals surface area (Å²) in [5.74, 6) is 4.91. The molecule has 1 nitrogen and oxygen atoms in total. The molecule has 1 saturated heterocycles. The average molecular weight is 286 g/mol. The fourth-order valence-corrected chi connectivity index (χ4v) is 7.31. The minimum Gasteiger partial charge on any atom is -0.355 e. The molecule has 0 amide bonds. The number of rotatable bonds is 1. The Kier molecular flexibility index (Phi) is 2.58. The molecule has 0 aromatic heterocycles. The summed E-state index contributed by atoms with van der Waals surface area (Å²) in [6.07, 6.45) is 7.64. The summed E-state index contributed by atoms with van der Waals surface area (Å²) in [5.41, 5.74) is 1.38. The van der Waals surface area contributed by atoms with Crippen molar-refractivity contribution >= 4 is 11.8 Å². The molecule has 5 aliphatic rings. The highest BCUT2D eigenvalue weighted by atomic mass is 32.2. The predicted octanol–water partition coefficient (Wildman–Crippen LogP) is 4.64. The van der Waals surface area contributed by atoms with Crippen molar-refractivity contribution in [2.24, 2.45) is 23.7 Å². The van der Waals surface area contributed by atoms with Crippen LogP contribution in [-0.2, 0) is 4.74 Å². The third-order valence-electron chi connectivity index (χ3n) is 6.23. The first-order valence-electron chi connectivity index (χ1n) is 8.20. The van der Waals surface area contributed by atoms with Gasteiger partial charge in [-0.05, 0) is 61.3 Å². The Morgan fingerprint density at radius 3 is 2.20 bits per heavy atom. The van der Waals surface area contributed by atoms with Crippen LogP contribution in [0.2, 0.25) is 0 Å². The molecule has 5 fully saturated rings. The van der Waals surface area contributed by atoms with Gasteiger partial charge in [0, 0.05) is 5.75 Å². The molecule has 1 aliphatic heterocycles. The quantitative estimate of drug-likeness (QED) is 0.743. The molecule has 106 valence electrons. The maximum absolute atomic E-state index is 6.77. The number of ether oxygens (including phenoxy) is 1. The zero-order valence-corrected chi connectivity index (χ0v) is 12.6. The molecule has 4 aliphatic carbocycles. The van der Waals surface area contributed by atoms with Crippen molar-refractivity contribution in [3.63, 3.8) is 0 Å². The minimum atomic E-state index is 0.188. The average Bonchev–Trinajstić information content (AvgIpc) is 2.91. The maximum Gasteiger partial charge on any atom is 0.120 e. The summed E-state index contributed by atoms with van der Waals surface area (Å²) >= 11 is 2.16. The van der Waals surface area contributed by atoms with E-state index >= 15 is 0 Å². The maximum atomic E-state index is 6.77. The van der Waals surface area contributed by atoms with Crippen LogP contribution in [0.3, 0.4) is 0 Å². The summed E-state index contributed by atoms with van der Waals surface area (Å²) in [6, 6.07) is 10.9. The van der Waals surface area contributed by atoms with Gasteiger partial charge < -0.3 is 4.74 Å². The van der Waals surface area contributed by atoms with Crippen LogP contribution < -0.4 is 0 Å². The second-order valence-electron chi connectivity index (χ2n) is 7.35. The lowest BCUT2D eigenvalue weighted by Gasteiger charge is -2.58. The van der Waals surface area contributed by atoms with Gasteiger partial charge in [0.1, 0.15) is 4.93 Å². The monoisotopic (exact) mass is 286 g/mol. The highest BCUT2D eigenvalue weighted by Crippen LogP contribution is 2.66. The van der Waals surface area contributed by atoms with Crippen LogP contribution in [-0.4, -0.2) is 10.7 Å². The van der Waals surface area contributed by atoms with E-state index in [0.717, 1.165) is 29.4 Å². The minimum absolute atomic E-state index is 0.188. The van der Waals surface area contributed by atoms with Crippen molar-refractivity contribution in [1.29, 1.82) is 0 Å². The van der Waals surface area contributed by atoms with Gasteiger partial charge in [-0.15, -0.1) is 11.8 Å². The third-order valence-corrected chi connectivity index (χ3v) is 7.92. The van der Waals surface area contributed by atoms with Crippen LogP contribution in [0.25, 0.3) is 0 Å². The fourth-order valence-electron chi connectivity index (χ4n) is 5.60. The molecule has 1 spiro atoms. The first kappa shape index (κ1) is 12.1. The Hall–Kier alpha value is -0.470. The van der Waals surface area contributed by atoms with Crippen LogP contribution in [0.1, 0.15) is 43.8 Å². The van der Waals surface area contributed by atoms with E-state index in [2.05, 4.69) is 42.1 Å². The molecule has 0 N–H and O–H groups in total. The van der Waals surface area contributed by atoms with Gasteiger partial charge in [-0.25, -0.2) is 0 Å². The molecule has 1 atom stereocenters. The van der Waals surface area contributed by atoms with Gasteiger partial charge in [0.05, 0.1) is 6.10 Å². The highest BCUT2D eigenvalue weighted by molar-refractivity contribution is 8.00. The number of benzene rings is 1. The van der Waals surface area contributed by atoms with Gasteiger partial charge in [-0.2, -0.15) is 0 Å². The summed E-state index contributed by atoms with van der Waals surface area (Å²) in [7, 11) is 0. The van der Waals surface area contributed by atoms with Crippen molar-refractivity contribution in [2.75, 3.05) is 5.75 Å². The van der Waals surface area contributed by atoms with Crippen LogP contribution in [0.5, 0.6) is 0 Å². The molecule has 4 saturated carbocycles. The molecule has 4 bridgehead atoms. The van der Waals surface area contributed by atoms with Crippen molar-refractivity contribution in [2.45, 2.75) is 43.1 Å². The number of hydrogen-bond donors (Lipinski definition) is 0. The van der Waals surface area contributed by atoms with E-state index < -0.39 is 0 Å². The molecule has 1 aromatic carbocycles. The Bertz CT molecular complexity index is 483. The van der Waals surface area contributed by atoms with E-state index in [9.17, 15) is 0 Å². The second kappa shape index (κ2) is 4.27. The van der Waals surface area contributed by atoms with Crippen LogP contribution in [0.4, 0.5) is 0 Å². The highest BCUT2D eigenvalue weighted by Gasteiger charge is 2.61. The van der Waals surface area contributed by atoms with Gasteiger partial charge in [0.2, 0.25) is 0 Å². The van der Waals surface area contributed by atoms with E-state index in [1.807, 2.05) is 0 Å². The van der Waals surface area contributed by atoms with Crippen molar-refractivity contribution in [1.82, 2.24) is 0 Å². The fraction of sp³-hybridized carbons (Fsp3) is 0.667. The summed E-state index contributed by atoms with van der Waals surface area (Å²) < 4.78 is 6.77. The van der Waals surface area contributed by atoms with Crippen molar-refractivity contribution < 1.29 is 4.74 Å². The molecule has 2 heteroatoms. The SMILES string of the molecule is c1ccc(C2CSC3(O2)C2CC4CC(C2)CC3C4)cc1. The molecule has 1 heterocycles.